The van der Waals surface area contributed by atoms with Gasteiger partial charge in [0.25, 0.3) is 10.0 Å². The van der Waals surface area contributed by atoms with Gasteiger partial charge in [0.2, 0.25) is 0 Å². The fourth-order valence-electron chi connectivity index (χ4n) is 2.14. The Hall–Kier alpha value is -2.14. The lowest BCUT2D eigenvalue weighted by molar-refractivity contribution is 0.583. The predicted molar refractivity (Wildman–Crippen MR) is 89.5 cm³/mol. The lowest BCUT2D eigenvalue weighted by Gasteiger charge is -2.09. The number of hydrogen-bond donors (Lipinski definition) is 1. The molecule has 0 aliphatic heterocycles. The minimum atomic E-state index is -3.66. The first-order chi connectivity index (χ1) is 10.4. The van der Waals surface area contributed by atoms with Gasteiger partial charge in [0.15, 0.2) is 0 Å². The number of aryl methyl sites for hydroxylation is 2. The van der Waals surface area contributed by atoms with Crippen LogP contribution in [0.5, 0.6) is 0 Å². The van der Waals surface area contributed by atoms with E-state index in [0.717, 1.165) is 11.1 Å². The van der Waals surface area contributed by atoms with Crippen LogP contribution < -0.4 is 4.83 Å². The number of nitrogens with zero attached hydrogens (tertiary/aromatic N) is 1. The van der Waals surface area contributed by atoms with Crippen molar-refractivity contribution < 1.29 is 8.42 Å². The average Bonchev–Trinajstić information content (AvgIpc) is 2.51. The molecular formula is C17H20N2O2S. The van der Waals surface area contributed by atoms with Gasteiger partial charge in [-0.15, -0.1) is 0 Å². The van der Waals surface area contributed by atoms with Gasteiger partial charge < -0.3 is 0 Å². The van der Waals surface area contributed by atoms with Gasteiger partial charge in [-0.3, -0.25) is 0 Å². The molecule has 2 aromatic rings. The highest BCUT2D eigenvalue weighted by Gasteiger charge is 2.16. The van der Waals surface area contributed by atoms with E-state index in [0.29, 0.717) is 17.7 Å². The van der Waals surface area contributed by atoms with Crippen LogP contribution in [0.3, 0.4) is 0 Å². The van der Waals surface area contributed by atoms with Gasteiger partial charge >= 0.3 is 0 Å². The normalized spacial score (nSPS) is 12.2. The molecule has 22 heavy (non-hydrogen) atoms. The summed E-state index contributed by atoms with van der Waals surface area (Å²) in [5.41, 5.74) is 3.21. The van der Waals surface area contributed by atoms with Crippen LogP contribution in [0.1, 0.15) is 30.0 Å². The van der Waals surface area contributed by atoms with Crippen LogP contribution in [0, 0.1) is 13.8 Å². The third-order valence-corrected chi connectivity index (χ3v) is 4.73. The predicted octanol–water partition coefficient (Wildman–Crippen LogP) is 3.40. The van der Waals surface area contributed by atoms with Crippen molar-refractivity contribution in [3.63, 3.8) is 0 Å². The Kier molecular flexibility index (Phi) is 4.98. The molecule has 0 radical (unpaired) electrons. The van der Waals surface area contributed by atoms with Gasteiger partial charge in [-0.25, -0.2) is 0 Å². The summed E-state index contributed by atoms with van der Waals surface area (Å²) in [4.78, 5) is 2.62. The van der Waals surface area contributed by atoms with Crippen molar-refractivity contribution in [1.29, 1.82) is 0 Å². The molecule has 0 amide bonds. The van der Waals surface area contributed by atoms with E-state index >= 15 is 0 Å². The Morgan fingerprint density at radius 2 is 1.77 bits per heavy atom. The largest absolute Gasteiger partial charge is 0.276 e. The minimum Gasteiger partial charge on any atom is -0.200 e. The van der Waals surface area contributed by atoms with Gasteiger partial charge in [-0.05, 0) is 43.0 Å². The smallest absolute Gasteiger partial charge is 0.200 e. The average molecular weight is 316 g/mol. The van der Waals surface area contributed by atoms with E-state index in [9.17, 15) is 8.42 Å². The van der Waals surface area contributed by atoms with Gasteiger partial charge in [0, 0.05) is 0 Å². The van der Waals surface area contributed by atoms with E-state index < -0.39 is 10.0 Å². The van der Waals surface area contributed by atoms with Crippen LogP contribution >= 0.6 is 0 Å². The van der Waals surface area contributed by atoms with E-state index in [2.05, 4.69) is 9.93 Å². The number of nitrogens with one attached hydrogen (secondary N) is 1. The van der Waals surface area contributed by atoms with Gasteiger partial charge in [-0.1, -0.05) is 49.4 Å². The maximum Gasteiger partial charge on any atom is 0.276 e. The van der Waals surface area contributed by atoms with Crippen molar-refractivity contribution in [2.45, 2.75) is 32.1 Å². The number of hydrogen-bond acceptors (Lipinski definition) is 3. The van der Waals surface area contributed by atoms with Crippen molar-refractivity contribution in [2.75, 3.05) is 0 Å². The Balaban J connectivity index is 2.32. The fourth-order valence-corrected chi connectivity index (χ4v) is 3.30. The summed E-state index contributed by atoms with van der Waals surface area (Å²) in [5, 5.41) is 4.11. The zero-order chi connectivity index (χ0) is 16.2. The third-order valence-electron chi connectivity index (χ3n) is 3.38. The van der Waals surface area contributed by atoms with E-state index in [-0.39, 0.29) is 4.90 Å². The molecule has 4 nitrogen and oxygen atoms in total. The Labute approximate surface area is 131 Å². The number of rotatable bonds is 5. The summed E-state index contributed by atoms with van der Waals surface area (Å²) < 4.78 is 24.9. The van der Waals surface area contributed by atoms with E-state index in [4.69, 9.17) is 0 Å². The second-order valence-electron chi connectivity index (χ2n) is 5.14. The molecule has 0 fully saturated rings. The first kappa shape index (κ1) is 16.2. The first-order valence-electron chi connectivity index (χ1n) is 7.15. The molecule has 0 saturated carbocycles. The van der Waals surface area contributed by atoms with Gasteiger partial charge in [0.1, 0.15) is 0 Å². The number of sulfonamides is 1. The third kappa shape index (κ3) is 3.74. The second kappa shape index (κ2) is 6.75. The first-order valence-corrected chi connectivity index (χ1v) is 8.63. The quantitative estimate of drug-likeness (QED) is 0.679. The molecule has 2 rings (SSSR count). The Morgan fingerprint density at radius 1 is 1.09 bits per heavy atom. The van der Waals surface area contributed by atoms with Crippen LogP contribution in [0.2, 0.25) is 0 Å². The van der Waals surface area contributed by atoms with E-state index in [1.165, 1.54) is 0 Å². The van der Waals surface area contributed by atoms with Crippen LogP contribution in [0.25, 0.3) is 0 Å². The maximum atomic E-state index is 12.4. The maximum absolute atomic E-state index is 12.4. The van der Waals surface area contributed by atoms with Crippen molar-refractivity contribution >= 4 is 15.7 Å². The molecule has 116 valence electrons. The summed E-state index contributed by atoms with van der Waals surface area (Å²) in [7, 11) is -3.66. The molecule has 2 aromatic carbocycles. The second-order valence-corrected chi connectivity index (χ2v) is 6.77. The van der Waals surface area contributed by atoms with Crippen molar-refractivity contribution in [2.24, 2.45) is 5.10 Å². The van der Waals surface area contributed by atoms with Gasteiger partial charge in [0.05, 0.1) is 10.6 Å². The molecule has 0 aromatic heterocycles. The summed E-state index contributed by atoms with van der Waals surface area (Å²) in [5.74, 6) is 0. The van der Waals surface area contributed by atoms with Crippen LogP contribution in [-0.2, 0) is 10.0 Å². The number of benzene rings is 2. The number of hydrazone groups is 1. The lowest BCUT2D eigenvalue weighted by atomic mass is 10.1. The molecule has 0 spiro atoms. The minimum absolute atomic E-state index is 0.264. The highest BCUT2D eigenvalue weighted by molar-refractivity contribution is 7.89. The summed E-state index contributed by atoms with van der Waals surface area (Å²) in [6.45, 7) is 5.58. The van der Waals surface area contributed by atoms with E-state index in [1.54, 1.807) is 19.1 Å². The topological polar surface area (TPSA) is 58.5 Å². The Bertz CT molecular complexity index is 782. The molecular weight excluding hydrogens is 296 g/mol. The highest BCUT2D eigenvalue weighted by atomic mass is 32.2. The molecule has 0 bridgehead atoms. The summed E-state index contributed by atoms with van der Waals surface area (Å²) in [6, 6.07) is 14.9. The van der Waals surface area contributed by atoms with Crippen molar-refractivity contribution in [3.8, 4) is 0 Å². The van der Waals surface area contributed by atoms with Crippen LogP contribution in [-0.4, -0.2) is 14.1 Å². The SMILES string of the molecule is CC/C(=N/NS(=O)(=O)c1cc(C)ccc1C)c1ccccc1. The Morgan fingerprint density at radius 3 is 2.41 bits per heavy atom. The molecule has 0 aliphatic rings. The monoisotopic (exact) mass is 316 g/mol. The van der Waals surface area contributed by atoms with E-state index in [1.807, 2.05) is 50.2 Å². The molecule has 0 atom stereocenters. The molecule has 0 unspecified atom stereocenters. The zero-order valence-corrected chi connectivity index (χ0v) is 13.8. The highest BCUT2D eigenvalue weighted by Crippen LogP contribution is 2.16. The molecule has 5 heteroatoms. The standard InChI is InChI=1S/C17H20N2O2S/c1-4-16(15-8-6-5-7-9-15)18-19-22(20,21)17-12-13(2)10-11-14(17)3/h5-12,19H,4H2,1-3H3/b18-16-. The lowest BCUT2D eigenvalue weighted by Crippen LogP contribution is -2.21. The van der Waals surface area contributed by atoms with Crippen LogP contribution in [0.15, 0.2) is 58.5 Å². The molecule has 0 heterocycles. The summed E-state index contributed by atoms with van der Waals surface area (Å²) in [6.07, 6.45) is 0.638. The van der Waals surface area contributed by atoms with Gasteiger partial charge in [-0.2, -0.15) is 18.4 Å². The molecule has 0 aliphatic carbocycles. The molecule has 0 saturated heterocycles. The van der Waals surface area contributed by atoms with Crippen molar-refractivity contribution in [1.82, 2.24) is 4.83 Å². The zero-order valence-electron chi connectivity index (χ0n) is 13.0. The molecule has 1 N–H and O–H groups in total. The fraction of sp³-hybridized carbons (Fsp3) is 0.235. The summed E-state index contributed by atoms with van der Waals surface area (Å²) >= 11 is 0. The van der Waals surface area contributed by atoms with Crippen LogP contribution in [0.4, 0.5) is 0 Å². The van der Waals surface area contributed by atoms with Crippen molar-refractivity contribution in [3.05, 3.63) is 65.2 Å².